The first kappa shape index (κ1) is 24.8. The van der Waals surface area contributed by atoms with E-state index in [2.05, 4.69) is 41.8 Å². The number of ether oxygens (including phenoxy) is 1. The largest absolute Gasteiger partial charge is 0.481 e. The van der Waals surface area contributed by atoms with E-state index in [9.17, 15) is 14.4 Å². The number of carboxylic acids is 1. The number of carbonyl (C=O) groups is 3. The smallest absolute Gasteiger partial charge is 0.407 e. The van der Waals surface area contributed by atoms with Gasteiger partial charge < -0.3 is 20.5 Å². The lowest BCUT2D eigenvalue weighted by Gasteiger charge is -2.22. The Hall–Kier alpha value is -3.35. The number of hydrogen-bond donors (Lipinski definition) is 3. The van der Waals surface area contributed by atoms with Gasteiger partial charge in [-0.1, -0.05) is 68.3 Å². The van der Waals surface area contributed by atoms with Gasteiger partial charge in [0.15, 0.2) is 0 Å². The van der Waals surface area contributed by atoms with E-state index in [1.807, 2.05) is 24.3 Å². The van der Waals surface area contributed by atoms with Crippen molar-refractivity contribution < 1.29 is 24.2 Å². The summed E-state index contributed by atoms with van der Waals surface area (Å²) in [6, 6.07) is 15.6. The molecule has 0 radical (unpaired) electrons. The summed E-state index contributed by atoms with van der Waals surface area (Å²) in [5.74, 6) is -0.940. The number of amides is 2. The summed E-state index contributed by atoms with van der Waals surface area (Å²) < 4.78 is 5.65. The summed E-state index contributed by atoms with van der Waals surface area (Å²) in [6.07, 6.45) is 3.83. The molecule has 0 bridgehead atoms. The van der Waals surface area contributed by atoms with Crippen LogP contribution >= 0.6 is 0 Å². The molecule has 0 aromatic heterocycles. The van der Waals surface area contributed by atoms with Crippen LogP contribution in [0.1, 0.15) is 68.9 Å². The van der Waals surface area contributed by atoms with Crippen molar-refractivity contribution in [2.24, 2.45) is 5.92 Å². The normalized spacial score (nSPS) is 16.0. The number of nitrogens with one attached hydrogen (secondary N) is 2. The Morgan fingerprint density at radius 2 is 1.60 bits per heavy atom. The molecule has 186 valence electrons. The lowest BCUT2D eigenvalue weighted by molar-refractivity contribution is -0.137. The number of aliphatic carboxylic acids is 1. The highest BCUT2D eigenvalue weighted by Gasteiger charge is 2.34. The fourth-order valence-corrected chi connectivity index (χ4v) is 4.99. The molecule has 1 saturated carbocycles. The third-order valence-electron chi connectivity index (χ3n) is 6.94. The molecule has 4 rings (SSSR count). The van der Waals surface area contributed by atoms with Crippen LogP contribution in [0.2, 0.25) is 0 Å². The summed E-state index contributed by atoms with van der Waals surface area (Å²) >= 11 is 0. The molecule has 0 spiro atoms. The van der Waals surface area contributed by atoms with Crippen molar-refractivity contribution in [2.75, 3.05) is 6.61 Å². The molecule has 0 aliphatic heterocycles. The Morgan fingerprint density at radius 3 is 2.17 bits per heavy atom. The van der Waals surface area contributed by atoms with Gasteiger partial charge in [-0.05, 0) is 47.4 Å². The van der Waals surface area contributed by atoms with Gasteiger partial charge in [-0.2, -0.15) is 0 Å². The Labute approximate surface area is 206 Å². The Kier molecular flexibility index (Phi) is 8.06. The Bertz CT molecular complexity index is 1020. The minimum Gasteiger partial charge on any atom is -0.481 e. The molecule has 2 aromatic carbocycles. The van der Waals surface area contributed by atoms with Crippen molar-refractivity contribution in [1.29, 1.82) is 0 Å². The van der Waals surface area contributed by atoms with Crippen LogP contribution < -0.4 is 10.6 Å². The van der Waals surface area contributed by atoms with Crippen molar-refractivity contribution in [2.45, 2.75) is 69.9 Å². The van der Waals surface area contributed by atoms with Gasteiger partial charge in [0.2, 0.25) is 5.91 Å². The number of fused-ring (bicyclic) bond motifs is 3. The second kappa shape index (κ2) is 11.4. The lowest BCUT2D eigenvalue weighted by atomic mass is 9.98. The summed E-state index contributed by atoms with van der Waals surface area (Å²) in [7, 11) is 0. The van der Waals surface area contributed by atoms with Crippen LogP contribution in [0.15, 0.2) is 48.5 Å². The van der Waals surface area contributed by atoms with Crippen LogP contribution in [0.4, 0.5) is 4.79 Å². The second-order valence-corrected chi connectivity index (χ2v) is 9.62. The Morgan fingerprint density at radius 1 is 0.971 bits per heavy atom. The molecule has 1 fully saturated rings. The van der Waals surface area contributed by atoms with Crippen LogP contribution in [0.3, 0.4) is 0 Å². The molecule has 2 aliphatic rings. The Balaban J connectivity index is 1.34. The van der Waals surface area contributed by atoms with Crippen molar-refractivity contribution in [3.8, 4) is 11.1 Å². The molecule has 3 N–H and O–H groups in total. The molecule has 35 heavy (non-hydrogen) atoms. The average Bonchev–Trinajstić information content (AvgIpc) is 3.63. The molecule has 7 nitrogen and oxygen atoms in total. The van der Waals surface area contributed by atoms with Gasteiger partial charge in [0, 0.05) is 24.4 Å². The van der Waals surface area contributed by atoms with E-state index in [-0.39, 0.29) is 49.3 Å². The molecular formula is C28H34N2O5. The maximum absolute atomic E-state index is 12.7. The van der Waals surface area contributed by atoms with E-state index < -0.39 is 12.1 Å². The minimum atomic E-state index is -0.915. The number of benzene rings is 2. The molecular weight excluding hydrogens is 444 g/mol. The number of hydrogen-bond acceptors (Lipinski definition) is 4. The summed E-state index contributed by atoms with van der Waals surface area (Å²) in [4.78, 5) is 36.5. The number of carboxylic acid groups (broad SMARTS) is 1. The average molecular weight is 479 g/mol. The number of alkyl carbamates (subject to hydrolysis) is 1. The molecule has 2 amide bonds. The fraction of sp³-hybridized carbons (Fsp3) is 0.464. The van der Waals surface area contributed by atoms with Crippen LogP contribution in [-0.4, -0.2) is 41.8 Å². The zero-order valence-corrected chi connectivity index (χ0v) is 20.2. The molecule has 2 aromatic rings. The van der Waals surface area contributed by atoms with Crippen molar-refractivity contribution in [3.05, 3.63) is 59.7 Å². The van der Waals surface area contributed by atoms with Crippen LogP contribution in [-0.2, 0) is 14.3 Å². The molecule has 2 atom stereocenters. The van der Waals surface area contributed by atoms with E-state index in [4.69, 9.17) is 9.84 Å². The zero-order chi connectivity index (χ0) is 24.8. The lowest BCUT2D eigenvalue weighted by Crippen LogP contribution is -2.43. The highest BCUT2D eigenvalue weighted by atomic mass is 16.5. The predicted molar refractivity (Wildman–Crippen MR) is 133 cm³/mol. The first-order chi connectivity index (χ1) is 17.0. The van der Waals surface area contributed by atoms with Gasteiger partial charge in [0.1, 0.15) is 6.61 Å². The standard InChI is InChI=1S/C28H34N2O5/c1-2-3-8-19(15-26(31)30-25(16-27(32)33)18-13-14-18)29-28(34)35-17-24-22-11-6-4-9-20(22)21-10-5-7-12-23(21)24/h4-7,9-12,18-19,24-25H,2-3,8,13-17H2,1H3,(H,29,34)(H,30,31)(H,32,33)/t19-,25?/m0/s1. The summed E-state index contributed by atoms with van der Waals surface area (Å²) in [6.45, 7) is 2.27. The monoisotopic (exact) mass is 478 g/mol. The summed E-state index contributed by atoms with van der Waals surface area (Å²) in [5.41, 5.74) is 4.63. The molecule has 0 saturated heterocycles. The van der Waals surface area contributed by atoms with E-state index in [1.165, 1.54) is 11.1 Å². The minimum absolute atomic E-state index is 0.0270. The maximum atomic E-state index is 12.7. The highest BCUT2D eigenvalue weighted by Crippen LogP contribution is 2.44. The van der Waals surface area contributed by atoms with Gasteiger partial charge in [0.25, 0.3) is 0 Å². The van der Waals surface area contributed by atoms with Gasteiger partial charge in [0.05, 0.1) is 6.42 Å². The summed E-state index contributed by atoms with van der Waals surface area (Å²) in [5, 5.41) is 14.9. The van der Waals surface area contributed by atoms with Crippen molar-refractivity contribution >= 4 is 18.0 Å². The van der Waals surface area contributed by atoms with E-state index in [0.717, 1.165) is 36.8 Å². The molecule has 0 heterocycles. The first-order valence-electron chi connectivity index (χ1n) is 12.6. The van der Waals surface area contributed by atoms with Crippen LogP contribution in [0.25, 0.3) is 11.1 Å². The fourth-order valence-electron chi connectivity index (χ4n) is 4.99. The maximum Gasteiger partial charge on any atom is 0.407 e. The molecule has 7 heteroatoms. The second-order valence-electron chi connectivity index (χ2n) is 9.62. The predicted octanol–water partition coefficient (Wildman–Crippen LogP) is 4.84. The SMILES string of the molecule is CCCC[C@@H](CC(=O)NC(CC(=O)O)C1CC1)NC(=O)OCC1c2ccccc2-c2ccccc21. The van der Waals surface area contributed by atoms with Gasteiger partial charge in [-0.15, -0.1) is 0 Å². The number of carbonyl (C=O) groups excluding carboxylic acids is 2. The third-order valence-corrected chi connectivity index (χ3v) is 6.94. The van der Waals surface area contributed by atoms with Gasteiger partial charge in [-0.3, -0.25) is 9.59 Å². The highest BCUT2D eigenvalue weighted by molar-refractivity contribution is 5.80. The van der Waals surface area contributed by atoms with Gasteiger partial charge >= 0.3 is 12.1 Å². The van der Waals surface area contributed by atoms with Gasteiger partial charge in [-0.25, -0.2) is 4.79 Å². The third kappa shape index (κ3) is 6.41. The molecule has 1 unspecified atom stereocenters. The van der Waals surface area contributed by atoms with Crippen molar-refractivity contribution in [1.82, 2.24) is 10.6 Å². The quantitative estimate of drug-likeness (QED) is 0.405. The van der Waals surface area contributed by atoms with E-state index in [1.54, 1.807) is 0 Å². The van der Waals surface area contributed by atoms with E-state index >= 15 is 0 Å². The molecule has 2 aliphatic carbocycles. The first-order valence-corrected chi connectivity index (χ1v) is 12.6. The van der Waals surface area contributed by atoms with Crippen LogP contribution in [0, 0.1) is 5.92 Å². The van der Waals surface area contributed by atoms with Crippen LogP contribution in [0.5, 0.6) is 0 Å². The topological polar surface area (TPSA) is 105 Å². The van der Waals surface area contributed by atoms with Crippen molar-refractivity contribution in [3.63, 3.8) is 0 Å². The number of rotatable bonds is 12. The zero-order valence-electron chi connectivity index (χ0n) is 20.2. The number of unbranched alkanes of at least 4 members (excludes halogenated alkanes) is 1. The van der Waals surface area contributed by atoms with E-state index in [0.29, 0.717) is 6.42 Å².